The quantitative estimate of drug-likeness (QED) is 0.581. The van der Waals surface area contributed by atoms with Crippen molar-refractivity contribution in [3.8, 4) is 0 Å². The van der Waals surface area contributed by atoms with Crippen molar-refractivity contribution in [2.24, 2.45) is 10.7 Å². The van der Waals surface area contributed by atoms with Crippen LogP contribution in [-0.2, 0) is 25.4 Å². The Kier molecular flexibility index (Phi) is 6.60. The standard InChI is InChI=1S/C12H13F3.C8H8N2O2/c1-2-8-6-10(12(13,14)15)7-9-4-3-5-11(8)9;9-7(10-8(11)12)6-4-2-1-3-5-6/h6-7H,2-5H2,1H3;1-5H,(H2,9,10)(H,11,12). The van der Waals surface area contributed by atoms with Crippen LogP contribution < -0.4 is 5.73 Å². The lowest BCUT2D eigenvalue weighted by Crippen LogP contribution is -2.14. The molecular weight excluding hydrogens is 357 g/mol. The second-order valence-corrected chi connectivity index (χ2v) is 6.12. The number of aliphatic imine (C=N–C) groups is 1. The van der Waals surface area contributed by atoms with Crippen LogP contribution in [0.4, 0.5) is 18.0 Å². The van der Waals surface area contributed by atoms with Gasteiger partial charge in [0.05, 0.1) is 5.56 Å². The molecule has 0 fully saturated rings. The molecule has 27 heavy (non-hydrogen) atoms. The molecule has 0 saturated carbocycles. The van der Waals surface area contributed by atoms with Crippen LogP contribution in [0.5, 0.6) is 0 Å². The van der Waals surface area contributed by atoms with Crippen molar-refractivity contribution in [2.45, 2.75) is 38.8 Å². The van der Waals surface area contributed by atoms with Crippen LogP contribution in [0, 0.1) is 0 Å². The summed E-state index contributed by atoms with van der Waals surface area (Å²) in [6, 6.07) is 11.4. The smallest absolute Gasteiger partial charge is 0.433 e. The van der Waals surface area contributed by atoms with Crippen molar-refractivity contribution in [1.82, 2.24) is 0 Å². The van der Waals surface area contributed by atoms with Gasteiger partial charge in [-0.1, -0.05) is 37.3 Å². The van der Waals surface area contributed by atoms with E-state index in [1.54, 1.807) is 24.3 Å². The molecule has 0 radical (unpaired) electrons. The van der Waals surface area contributed by atoms with Gasteiger partial charge in [0.1, 0.15) is 5.84 Å². The number of benzene rings is 2. The number of nitrogens with two attached hydrogens (primary N) is 1. The first kappa shape index (κ1) is 20.5. The number of amidine groups is 1. The molecule has 2 aromatic carbocycles. The Bertz CT molecular complexity index is 831. The molecule has 0 heterocycles. The van der Waals surface area contributed by atoms with Crippen molar-refractivity contribution in [3.63, 3.8) is 0 Å². The van der Waals surface area contributed by atoms with E-state index in [2.05, 4.69) is 4.99 Å². The van der Waals surface area contributed by atoms with E-state index in [0.29, 0.717) is 12.0 Å². The van der Waals surface area contributed by atoms with Crippen molar-refractivity contribution in [3.05, 3.63) is 70.3 Å². The number of carbonyl (C=O) groups is 1. The minimum absolute atomic E-state index is 0.0168. The largest absolute Gasteiger partial charge is 0.463 e. The predicted octanol–water partition coefficient (Wildman–Crippen LogP) is 4.83. The van der Waals surface area contributed by atoms with Gasteiger partial charge in [-0.05, 0) is 54.5 Å². The number of aryl methyl sites for hydroxylation is 2. The topological polar surface area (TPSA) is 75.7 Å². The average molecular weight is 378 g/mol. The summed E-state index contributed by atoms with van der Waals surface area (Å²) in [4.78, 5) is 13.3. The highest BCUT2D eigenvalue weighted by atomic mass is 19.4. The van der Waals surface area contributed by atoms with E-state index in [-0.39, 0.29) is 5.84 Å². The molecule has 0 spiro atoms. The fourth-order valence-corrected chi connectivity index (χ4v) is 3.05. The number of nitrogens with zero attached hydrogens (tertiary/aromatic N) is 1. The van der Waals surface area contributed by atoms with E-state index in [0.717, 1.165) is 36.0 Å². The molecule has 1 amide bonds. The molecule has 4 nitrogen and oxygen atoms in total. The summed E-state index contributed by atoms with van der Waals surface area (Å²) in [7, 11) is 0. The van der Waals surface area contributed by atoms with Crippen molar-refractivity contribution >= 4 is 11.9 Å². The van der Waals surface area contributed by atoms with E-state index >= 15 is 0 Å². The first-order chi connectivity index (χ1) is 12.7. The number of hydrogen-bond donors (Lipinski definition) is 2. The van der Waals surface area contributed by atoms with Crippen LogP contribution in [0.1, 0.15) is 41.2 Å². The molecule has 0 atom stereocenters. The minimum Gasteiger partial charge on any atom is -0.463 e. The maximum Gasteiger partial charge on any atom is 0.433 e. The minimum atomic E-state index is -4.21. The van der Waals surface area contributed by atoms with Gasteiger partial charge in [0, 0.05) is 5.56 Å². The monoisotopic (exact) mass is 378 g/mol. The summed E-state index contributed by atoms with van der Waals surface area (Å²) >= 11 is 0. The van der Waals surface area contributed by atoms with Gasteiger partial charge in [-0.3, -0.25) is 0 Å². The fourth-order valence-electron chi connectivity index (χ4n) is 3.05. The average Bonchev–Trinajstić information content (AvgIpc) is 3.09. The van der Waals surface area contributed by atoms with Gasteiger partial charge in [-0.2, -0.15) is 18.2 Å². The molecule has 0 saturated heterocycles. The summed E-state index contributed by atoms with van der Waals surface area (Å²) in [6.45, 7) is 1.91. The second kappa shape index (κ2) is 8.70. The van der Waals surface area contributed by atoms with E-state index in [1.165, 1.54) is 12.1 Å². The Hall–Kier alpha value is -2.83. The van der Waals surface area contributed by atoms with Gasteiger partial charge < -0.3 is 10.8 Å². The first-order valence-electron chi connectivity index (χ1n) is 8.56. The number of amides is 1. The number of alkyl halides is 3. The Morgan fingerprint density at radius 2 is 1.85 bits per heavy atom. The maximum absolute atomic E-state index is 12.6. The van der Waals surface area contributed by atoms with Gasteiger partial charge in [-0.25, -0.2) is 4.79 Å². The van der Waals surface area contributed by atoms with Gasteiger partial charge >= 0.3 is 12.3 Å². The van der Waals surface area contributed by atoms with Gasteiger partial charge in [0.2, 0.25) is 0 Å². The van der Waals surface area contributed by atoms with Crippen LogP contribution in [-0.4, -0.2) is 17.0 Å². The molecule has 0 aliphatic heterocycles. The fraction of sp³-hybridized carbons (Fsp3) is 0.300. The van der Waals surface area contributed by atoms with Crippen molar-refractivity contribution in [2.75, 3.05) is 0 Å². The van der Waals surface area contributed by atoms with Crippen molar-refractivity contribution in [1.29, 1.82) is 0 Å². The molecule has 1 aliphatic rings. The van der Waals surface area contributed by atoms with Gasteiger partial charge in [0.15, 0.2) is 0 Å². The predicted molar refractivity (Wildman–Crippen MR) is 98.0 cm³/mol. The molecule has 0 unspecified atom stereocenters. The third-order valence-electron chi connectivity index (χ3n) is 4.30. The summed E-state index contributed by atoms with van der Waals surface area (Å²) in [5.41, 5.74) is 8.42. The Morgan fingerprint density at radius 3 is 2.41 bits per heavy atom. The number of hydrogen-bond acceptors (Lipinski definition) is 1. The third kappa shape index (κ3) is 5.57. The third-order valence-corrected chi connectivity index (χ3v) is 4.30. The zero-order valence-electron chi connectivity index (χ0n) is 14.9. The zero-order valence-corrected chi connectivity index (χ0v) is 14.9. The lowest BCUT2D eigenvalue weighted by Gasteiger charge is -2.12. The molecule has 2 aromatic rings. The summed E-state index contributed by atoms with van der Waals surface area (Å²) < 4.78 is 37.7. The molecule has 0 aromatic heterocycles. The van der Waals surface area contributed by atoms with Crippen LogP contribution >= 0.6 is 0 Å². The maximum atomic E-state index is 12.6. The lowest BCUT2D eigenvalue weighted by atomic mass is 9.98. The zero-order chi connectivity index (χ0) is 20.0. The van der Waals surface area contributed by atoms with Gasteiger partial charge in [0.25, 0.3) is 0 Å². The first-order valence-corrected chi connectivity index (χ1v) is 8.56. The number of fused-ring (bicyclic) bond motifs is 1. The van der Waals surface area contributed by atoms with E-state index in [1.807, 2.05) is 13.0 Å². The van der Waals surface area contributed by atoms with Crippen LogP contribution in [0.3, 0.4) is 0 Å². The SMILES string of the molecule is CCc1cc(C(F)(F)F)cc2c1CCC2.N/C(=N\C(=O)O)c1ccccc1. The molecule has 0 bridgehead atoms. The number of halogens is 3. The van der Waals surface area contributed by atoms with Crippen LogP contribution in [0.15, 0.2) is 47.5 Å². The van der Waals surface area contributed by atoms with E-state index in [9.17, 15) is 18.0 Å². The number of rotatable bonds is 2. The van der Waals surface area contributed by atoms with E-state index < -0.39 is 17.8 Å². The van der Waals surface area contributed by atoms with Crippen molar-refractivity contribution < 1.29 is 23.1 Å². The summed E-state index contributed by atoms with van der Waals surface area (Å²) in [6.07, 6.45) is -2.07. The summed E-state index contributed by atoms with van der Waals surface area (Å²) in [5, 5.41) is 8.28. The van der Waals surface area contributed by atoms with E-state index in [4.69, 9.17) is 10.8 Å². The highest BCUT2D eigenvalue weighted by Crippen LogP contribution is 2.35. The molecule has 7 heteroatoms. The highest BCUT2D eigenvalue weighted by Gasteiger charge is 2.32. The van der Waals surface area contributed by atoms with Crippen LogP contribution in [0.25, 0.3) is 0 Å². The summed E-state index contributed by atoms with van der Waals surface area (Å²) in [5.74, 6) is 0.0168. The highest BCUT2D eigenvalue weighted by molar-refractivity contribution is 6.02. The molecule has 3 rings (SSSR count). The normalized spacial score (nSPS) is 13.6. The molecule has 1 aliphatic carbocycles. The Morgan fingerprint density at radius 1 is 1.19 bits per heavy atom. The van der Waals surface area contributed by atoms with Crippen LogP contribution in [0.2, 0.25) is 0 Å². The molecule has 3 N–H and O–H groups in total. The van der Waals surface area contributed by atoms with Gasteiger partial charge in [-0.15, -0.1) is 0 Å². The lowest BCUT2D eigenvalue weighted by molar-refractivity contribution is -0.137. The Labute approximate surface area is 155 Å². The molecule has 144 valence electrons. The second-order valence-electron chi connectivity index (χ2n) is 6.12. The molecular formula is C20H21F3N2O2. The Balaban J connectivity index is 0.000000199. The number of carboxylic acid groups (broad SMARTS) is 1.